The van der Waals surface area contributed by atoms with E-state index in [1.54, 1.807) is 6.20 Å². The monoisotopic (exact) mass is 480 g/mol. The number of amides is 1. The number of carbonyl (C=O) groups is 2. The number of aliphatic carboxylic acids is 1. The maximum atomic E-state index is 12.1. The summed E-state index contributed by atoms with van der Waals surface area (Å²) in [6.07, 6.45) is 2.41. The first-order valence-corrected chi connectivity index (χ1v) is 12.2. The van der Waals surface area contributed by atoms with Crippen molar-refractivity contribution in [2.24, 2.45) is 0 Å². The van der Waals surface area contributed by atoms with Gasteiger partial charge in [0, 0.05) is 14.3 Å². The third kappa shape index (κ3) is 4.12. The van der Waals surface area contributed by atoms with Crippen molar-refractivity contribution >= 4 is 61.4 Å². The molecule has 0 unspecified atom stereocenters. The van der Waals surface area contributed by atoms with E-state index in [2.05, 4.69) is 21.5 Å². The van der Waals surface area contributed by atoms with Gasteiger partial charge in [-0.15, -0.1) is 22.7 Å². The maximum absolute atomic E-state index is 12.1. The van der Waals surface area contributed by atoms with E-state index in [0.29, 0.717) is 23.4 Å². The second-order valence-corrected chi connectivity index (χ2v) is 10.3. The lowest BCUT2D eigenvalue weighted by Crippen LogP contribution is -2.17. The number of carboxylic acids is 1. The molecular formula is C23H16N2O4S3. The number of thiophene rings is 2. The molecule has 0 bridgehead atoms. The standard InChI is InChI=1S/C23H16N2O4S3/c26-21(27)23(8-9-23)20-11-19-18(31-20)10-15(30-19)6-7-17-16(12-24-32-17)25-22(28)29-13-14-4-2-1-3-5-14/h1-5,10-12H,8-9,13H2,(H,25,28)(H,26,27). The topological polar surface area (TPSA) is 88.5 Å². The predicted octanol–water partition coefficient (Wildman–Crippen LogP) is 5.68. The van der Waals surface area contributed by atoms with E-state index in [0.717, 1.165) is 24.7 Å². The molecule has 5 rings (SSSR count). The van der Waals surface area contributed by atoms with Crippen LogP contribution in [0.2, 0.25) is 0 Å². The quantitative estimate of drug-likeness (QED) is 0.359. The van der Waals surface area contributed by atoms with Crippen LogP contribution in [0.5, 0.6) is 0 Å². The summed E-state index contributed by atoms with van der Waals surface area (Å²) in [7, 11) is 0. The average molecular weight is 481 g/mol. The average Bonchev–Trinajstić information content (AvgIpc) is 3.11. The number of anilines is 1. The van der Waals surface area contributed by atoms with Gasteiger partial charge in [-0.05, 0) is 53.9 Å². The van der Waals surface area contributed by atoms with E-state index in [1.165, 1.54) is 34.2 Å². The Morgan fingerprint density at radius 2 is 1.91 bits per heavy atom. The van der Waals surface area contributed by atoms with Crippen LogP contribution in [0, 0.1) is 11.8 Å². The SMILES string of the molecule is O=C(Nc1cnsc1C#Cc1cc2sc(C3(C(=O)O)CC3)cc2s1)OCc1ccccc1. The number of nitrogens with zero attached hydrogens (tertiary/aromatic N) is 1. The largest absolute Gasteiger partial charge is 0.481 e. The highest BCUT2D eigenvalue weighted by molar-refractivity contribution is 7.28. The van der Waals surface area contributed by atoms with Crippen molar-refractivity contribution in [2.75, 3.05) is 5.32 Å². The summed E-state index contributed by atoms with van der Waals surface area (Å²) in [6, 6.07) is 13.4. The zero-order valence-electron chi connectivity index (χ0n) is 16.6. The van der Waals surface area contributed by atoms with Crippen LogP contribution in [0.4, 0.5) is 10.5 Å². The first-order chi connectivity index (χ1) is 15.5. The van der Waals surface area contributed by atoms with Gasteiger partial charge in [-0.1, -0.05) is 30.3 Å². The summed E-state index contributed by atoms with van der Waals surface area (Å²) in [6.45, 7) is 0.183. The predicted molar refractivity (Wildman–Crippen MR) is 127 cm³/mol. The number of rotatable bonds is 5. The highest BCUT2D eigenvalue weighted by Gasteiger charge is 2.53. The van der Waals surface area contributed by atoms with Gasteiger partial charge in [-0.2, -0.15) is 4.37 Å². The number of hydrogen-bond donors (Lipinski definition) is 2. The van der Waals surface area contributed by atoms with Crippen molar-refractivity contribution in [3.05, 3.63) is 68.9 Å². The van der Waals surface area contributed by atoms with Crippen LogP contribution in [0.15, 0.2) is 48.7 Å². The van der Waals surface area contributed by atoms with Crippen molar-refractivity contribution in [1.82, 2.24) is 4.37 Å². The smallest absolute Gasteiger partial charge is 0.412 e. The van der Waals surface area contributed by atoms with Crippen molar-refractivity contribution in [3.8, 4) is 11.8 Å². The molecule has 0 radical (unpaired) electrons. The Morgan fingerprint density at radius 3 is 2.62 bits per heavy atom. The minimum atomic E-state index is -0.737. The van der Waals surface area contributed by atoms with Gasteiger partial charge in [-0.25, -0.2) is 4.79 Å². The van der Waals surface area contributed by atoms with Crippen LogP contribution in [0.1, 0.15) is 33.0 Å². The molecule has 3 aromatic heterocycles. The molecule has 1 aliphatic rings. The molecule has 4 aromatic rings. The molecule has 9 heteroatoms. The van der Waals surface area contributed by atoms with Crippen molar-refractivity contribution in [3.63, 3.8) is 0 Å². The molecule has 1 fully saturated rings. The minimum absolute atomic E-state index is 0.183. The Labute approximate surface area is 195 Å². The van der Waals surface area contributed by atoms with Crippen LogP contribution in [0.3, 0.4) is 0 Å². The first-order valence-electron chi connectivity index (χ1n) is 9.75. The summed E-state index contributed by atoms with van der Waals surface area (Å²) in [5.74, 6) is 5.46. The fourth-order valence-corrected chi connectivity index (χ4v) is 6.28. The normalized spacial score (nSPS) is 13.9. The van der Waals surface area contributed by atoms with Gasteiger partial charge in [0.2, 0.25) is 0 Å². The van der Waals surface area contributed by atoms with E-state index in [9.17, 15) is 14.7 Å². The molecule has 2 N–H and O–H groups in total. The van der Waals surface area contributed by atoms with Gasteiger partial charge >= 0.3 is 12.1 Å². The number of ether oxygens (including phenoxy) is 1. The van der Waals surface area contributed by atoms with Crippen molar-refractivity contribution in [2.45, 2.75) is 24.9 Å². The Balaban J connectivity index is 1.26. The van der Waals surface area contributed by atoms with E-state index in [-0.39, 0.29) is 6.61 Å². The fraction of sp³-hybridized carbons (Fsp3) is 0.174. The van der Waals surface area contributed by atoms with Gasteiger partial charge in [0.15, 0.2) is 0 Å². The zero-order chi connectivity index (χ0) is 22.1. The Hall–Kier alpha value is -3.19. The minimum Gasteiger partial charge on any atom is -0.481 e. The lowest BCUT2D eigenvalue weighted by molar-refractivity contribution is -0.139. The number of benzene rings is 1. The maximum Gasteiger partial charge on any atom is 0.412 e. The van der Waals surface area contributed by atoms with Crippen LogP contribution in [-0.2, 0) is 21.6 Å². The second-order valence-electron chi connectivity index (χ2n) is 7.34. The van der Waals surface area contributed by atoms with E-state index in [1.807, 2.05) is 42.5 Å². The summed E-state index contributed by atoms with van der Waals surface area (Å²) in [5.41, 5.74) is 0.745. The third-order valence-corrected chi connectivity index (χ3v) is 8.29. The number of nitrogens with one attached hydrogen (secondary N) is 1. The highest BCUT2D eigenvalue weighted by atomic mass is 32.1. The number of carboxylic acid groups (broad SMARTS) is 1. The number of carbonyl (C=O) groups excluding carboxylic acids is 1. The summed E-state index contributed by atoms with van der Waals surface area (Å²) >= 11 is 4.27. The molecule has 1 aliphatic carbocycles. The molecule has 3 heterocycles. The van der Waals surface area contributed by atoms with Gasteiger partial charge in [0.25, 0.3) is 0 Å². The Kier molecular flexibility index (Phi) is 5.43. The number of hydrogen-bond acceptors (Lipinski definition) is 7. The first kappa shape index (κ1) is 20.7. The summed E-state index contributed by atoms with van der Waals surface area (Å²) in [5, 5.41) is 12.2. The summed E-state index contributed by atoms with van der Waals surface area (Å²) in [4.78, 5) is 26.1. The van der Waals surface area contributed by atoms with E-state index in [4.69, 9.17) is 4.74 Å². The van der Waals surface area contributed by atoms with Gasteiger partial charge in [-0.3, -0.25) is 10.1 Å². The molecule has 1 amide bonds. The van der Waals surface area contributed by atoms with Gasteiger partial charge in [0.1, 0.15) is 16.9 Å². The molecule has 6 nitrogen and oxygen atoms in total. The fourth-order valence-electron chi connectivity index (χ4n) is 3.23. The van der Waals surface area contributed by atoms with Crippen molar-refractivity contribution in [1.29, 1.82) is 0 Å². The Morgan fingerprint density at radius 1 is 1.12 bits per heavy atom. The third-order valence-electron chi connectivity index (χ3n) is 5.16. The molecular weight excluding hydrogens is 464 g/mol. The molecule has 0 saturated heterocycles. The summed E-state index contributed by atoms with van der Waals surface area (Å²) < 4.78 is 11.5. The number of fused-ring (bicyclic) bond motifs is 1. The van der Waals surface area contributed by atoms with Crippen LogP contribution in [0.25, 0.3) is 9.40 Å². The molecule has 0 atom stereocenters. The lowest BCUT2D eigenvalue weighted by atomic mass is 10.1. The molecule has 1 saturated carbocycles. The van der Waals surface area contributed by atoms with Crippen molar-refractivity contribution < 1.29 is 19.4 Å². The van der Waals surface area contributed by atoms with Crippen LogP contribution >= 0.6 is 34.2 Å². The molecule has 0 spiro atoms. The zero-order valence-corrected chi connectivity index (χ0v) is 19.0. The molecule has 0 aliphatic heterocycles. The van der Waals surface area contributed by atoms with Crippen LogP contribution < -0.4 is 5.32 Å². The molecule has 32 heavy (non-hydrogen) atoms. The highest BCUT2D eigenvalue weighted by Crippen LogP contribution is 2.52. The number of aromatic nitrogens is 1. The second kappa shape index (κ2) is 8.39. The van der Waals surface area contributed by atoms with E-state index < -0.39 is 17.5 Å². The molecule has 1 aromatic carbocycles. The van der Waals surface area contributed by atoms with Crippen LogP contribution in [-0.4, -0.2) is 21.5 Å². The molecule has 160 valence electrons. The van der Waals surface area contributed by atoms with Gasteiger partial charge in [0.05, 0.1) is 16.8 Å². The Bertz CT molecular complexity index is 1340. The van der Waals surface area contributed by atoms with E-state index >= 15 is 0 Å². The van der Waals surface area contributed by atoms with Gasteiger partial charge < -0.3 is 9.84 Å². The lowest BCUT2D eigenvalue weighted by Gasteiger charge is -2.05.